The number of esters is 2. The number of carbonyl (C=O) groups excluding carboxylic acids is 2. The average molecular weight is 605 g/mol. The predicted molar refractivity (Wildman–Crippen MR) is 179 cm³/mol. The molecule has 6 heteroatoms. The second-order valence-corrected chi connectivity index (χ2v) is 11.4. The van der Waals surface area contributed by atoms with Crippen LogP contribution >= 0.6 is 0 Å². The molecule has 0 bridgehead atoms. The molecule has 0 aliphatic carbocycles. The molecule has 0 unspecified atom stereocenters. The molecule has 0 radical (unpaired) electrons. The van der Waals surface area contributed by atoms with E-state index in [0.717, 1.165) is 57.8 Å². The van der Waals surface area contributed by atoms with E-state index < -0.39 is 6.10 Å². The van der Waals surface area contributed by atoms with Crippen molar-refractivity contribution in [3.05, 3.63) is 48.6 Å². The Morgan fingerprint density at radius 2 is 1.21 bits per heavy atom. The van der Waals surface area contributed by atoms with Gasteiger partial charge in [-0.1, -0.05) is 146 Å². The minimum atomic E-state index is -0.810. The molecule has 0 aromatic heterocycles. The smallest absolute Gasteiger partial charge is 0.306 e. The van der Waals surface area contributed by atoms with Crippen molar-refractivity contribution in [2.45, 2.75) is 161 Å². The maximum atomic E-state index is 12.1. The van der Waals surface area contributed by atoms with E-state index in [1.54, 1.807) is 0 Å². The highest BCUT2D eigenvalue weighted by atomic mass is 16.6. The molecule has 0 spiro atoms. The summed E-state index contributed by atoms with van der Waals surface area (Å²) in [5, 5.41) is 19.3. The first-order valence-electron chi connectivity index (χ1n) is 17.3. The van der Waals surface area contributed by atoms with E-state index >= 15 is 0 Å². The number of hydrogen-bond acceptors (Lipinski definition) is 6. The van der Waals surface area contributed by atoms with Gasteiger partial charge >= 0.3 is 11.9 Å². The van der Waals surface area contributed by atoms with Crippen LogP contribution in [0, 0.1) is 0 Å². The molecule has 0 aliphatic heterocycles. The number of aliphatic hydroxyl groups is 2. The maximum absolute atomic E-state index is 12.1. The summed E-state index contributed by atoms with van der Waals surface area (Å²) in [6.45, 7) is 3.94. The second-order valence-electron chi connectivity index (χ2n) is 11.4. The Hall–Kier alpha value is -2.18. The number of aliphatic hydroxyl groups excluding tert-OH is 2. The van der Waals surface area contributed by atoms with Crippen molar-refractivity contribution in [1.82, 2.24) is 0 Å². The van der Waals surface area contributed by atoms with E-state index in [4.69, 9.17) is 9.47 Å². The predicted octanol–water partition coefficient (Wildman–Crippen LogP) is 9.25. The number of hydrogen-bond donors (Lipinski definition) is 2. The molecule has 0 saturated carbocycles. The first kappa shape index (κ1) is 40.8. The highest BCUT2D eigenvalue weighted by molar-refractivity contribution is 5.70. The second kappa shape index (κ2) is 32.7. The fourth-order valence-corrected chi connectivity index (χ4v) is 4.54. The molecule has 0 aliphatic rings. The van der Waals surface area contributed by atoms with Gasteiger partial charge in [0.2, 0.25) is 0 Å². The van der Waals surface area contributed by atoms with Crippen molar-refractivity contribution >= 4 is 11.9 Å². The third kappa shape index (κ3) is 31.1. The lowest BCUT2D eigenvalue weighted by molar-refractivity contribution is -0.161. The maximum Gasteiger partial charge on any atom is 0.306 e. The fourth-order valence-electron chi connectivity index (χ4n) is 4.54. The molecule has 248 valence electrons. The average Bonchev–Trinajstić information content (AvgIpc) is 3.00. The van der Waals surface area contributed by atoms with E-state index in [9.17, 15) is 19.8 Å². The highest BCUT2D eigenvalue weighted by Crippen LogP contribution is 2.12. The van der Waals surface area contributed by atoms with Gasteiger partial charge in [-0.25, -0.2) is 0 Å². The molecule has 0 aromatic rings. The van der Waals surface area contributed by atoms with Gasteiger partial charge in [-0.3, -0.25) is 9.59 Å². The van der Waals surface area contributed by atoms with Crippen molar-refractivity contribution in [1.29, 1.82) is 0 Å². The summed E-state index contributed by atoms with van der Waals surface area (Å²) in [6, 6.07) is 0. The Kier molecular flexibility index (Phi) is 31.1. The van der Waals surface area contributed by atoms with Crippen molar-refractivity contribution in [2.24, 2.45) is 0 Å². The Morgan fingerprint density at radius 3 is 1.86 bits per heavy atom. The van der Waals surface area contributed by atoms with Crippen LogP contribution in [0.4, 0.5) is 0 Å². The Morgan fingerprint density at radius 1 is 0.651 bits per heavy atom. The molecule has 6 nitrogen and oxygen atoms in total. The summed E-state index contributed by atoms with van der Waals surface area (Å²) in [7, 11) is 0. The van der Waals surface area contributed by atoms with Gasteiger partial charge in [0.25, 0.3) is 0 Å². The number of carbonyl (C=O) groups is 2. The monoisotopic (exact) mass is 604 g/mol. The lowest BCUT2D eigenvalue weighted by Crippen LogP contribution is -2.28. The molecule has 43 heavy (non-hydrogen) atoms. The SMILES string of the molecule is CCCCCCCCCCCCCC(=O)OC[C@H](CO)OC(=O)CCC/C=C\C/C=C\C/C=C\C=C\[C@@H](O)CCCCC. The molecule has 0 aromatic carbocycles. The number of allylic oxidation sites excluding steroid dienone is 7. The Balaban J connectivity index is 3.77. The fraction of sp³-hybridized carbons (Fsp3) is 0.730. The number of unbranched alkanes of at least 4 members (excludes halogenated alkanes) is 13. The summed E-state index contributed by atoms with van der Waals surface area (Å²) >= 11 is 0. The van der Waals surface area contributed by atoms with Crippen LogP contribution in [-0.4, -0.2) is 47.6 Å². The minimum absolute atomic E-state index is 0.0994. The van der Waals surface area contributed by atoms with Crippen LogP contribution < -0.4 is 0 Å². The highest BCUT2D eigenvalue weighted by Gasteiger charge is 2.15. The standard InChI is InChI=1S/C37H64O6/c1-3-5-7-8-9-10-12-16-19-22-26-30-36(40)42-33-35(32-38)43-37(41)31-27-23-20-17-14-11-13-15-18-21-25-29-34(39)28-24-6-4-2/h11,13,17-18,20-21,25,29,34-35,38-39H,3-10,12,14-16,19,22-24,26-28,30-33H2,1-2H3/b13-11-,20-17-,21-18-,29-25+/t34-,35-/m0/s1. The molecule has 0 heterocycles. The molecule has 2 N–H and O–H groups in total. The summed E-state index contributed by atoms with van der Waals surface area (Å²) < 4.78 is 10.5. The molecular formula is C37H64O6. The van der Waals surface area contributed by atoms with E-state index in [-0.39, 0.29) is 37.7 Å². The van der Waals surface area contributed by atoms with E-state index in [1.165, 1.54) is 57.8 Å². The van der Waals surface area contributed by atoms with Crippen molar-refractivity contribution in [3.63, 3.8) is 0 Å². The normalized spacial score (nSPS) is 13.5. The largest absolute Gasteiger partial charge is 0.462 e. The van der Waals surface area contributed by atoms with Crippen LogP contribution in [0.25, 0.3) is 0 Å². The van der Waals surface area contributed by atoms with Gasteiger partial charge in [-0.05, 0) is 38.5 Å². The first-order valence-corrected chi connectivity index (χ1v) is 17.3. The molecule has 0 rings (SSSR count). The molecule has 2 atom stereocenters. The topological polar surface area (TPSA) is 93.1 Å². The van der Waals surface area contributed by atoms with Crippen molar-refractivity contribution in [3.8, 4) is 0 Å². The number of ether oxygens (including phenoxy) is 2. The van der Waals surface area contributed by atoms with Crippen molar-refractivity contribution < 1.29 is 29.3 Å². The van der Waals surface area contributed by atoms with Gasteiger partial charge in [-0.15, -0.1) is 0 Å². The van der Waals surface area contributed by atoms with Crippen LogP contribution in [0.1, 0.15) is 149 Å². The van der Waals surface area contributed by atoms with Crippen LogP contribution in [0.2, 0.25) is 0 Å². The van der Waals surface area contributed by atoms with Gasteiger partial charge in [0.05, 0.1) is 12.7 Å². The molecule has 0 fully saturated rings. The lowest BCUT2D eigenvalue weighted by Gasteiger charge is -2.15. The van der Waals surface area contributed by atoms with Crippen molar-refractivity contribution in [2.75, 3.05) is 13.2 Å². The van der Waals surface area contributed by atoms with E-state index in [2.05, 4.69) is 44.2 Å². The molecule has 0 saturated heterocycles. The Bertz CT molecular complexity index is 754. The zero-order chi connectivity index (χ0) is 31.6. The van der Waals surface area contributed by atoms with Crippen LogP contribution in [-0.2, 0) is 19.1 Å². The first-order chi connectivity index (χ1) is 21.0. The minimum Gasteiger partial charge on any atom is -0.462 e. The quantitative estimate of drug-likeness (QED) is 0.0367. The summed E-state index contributed by atoms with van der Waals surface area (Å²) in [6.07, 6.45) is 36.4. The summed E-state index contributed by atoms with van der Waals surface area (Å²) in [5.74, 6) is -0.687. The summed E-state index contributed by atoms with van der Waals surface area (Å²) in [4.78, 5) is 24.1. The zero-order valence-corrected chi connectivity index (χ0v) is 27.6. The third-order valence-corrected chi connectivity index (χ3v) is 7.23. The van der Waals surface area contributed by atoms with Gasteiger partial charge in [0, 0.05) is 12.8 Å². The zero-order valence-electron chi connectivity index (χ0n) is 27.6. The van der Waals surface area contributed by atoms with E-state index in [1.807, 2.05) is 18.2 Å². The molecule has 0 amide bonds. The molecular weight excluding hydrogens is 540 g/mol. The Labute approximate surface area is 263 Å². The summed E-state index contributed by atoms with van der Waals surface area (Å²) in [5.41, 5.74) is 0. The van der Waals surface area contributed by atoms with Gasteiger partial charge in [-0.2, -0.15) is 0 Å². The lowest BCUT2D eigenvalue weighted by atomic mass is 10.1. The van der Waals surface area contributed by atoms with Gasteiger partial charge in [0.15, 0.2) is 6.10 Å². The van der Waals surface area contributed by atoms with Crippen LogP contribution in [0.15, 0.2) is 48.6 Å². The third-order valence-electron chi connectivity index (χ3n) is 7.23. The van der Waals surface area contributed by atoms with Crippen LogP contribution in [0.5, 0.6) is 0 Å². The van der Waals surface area contributed by atoms with Crippen LogP contribution in [0.3, 0.4) is 0 Å². The van der Waals surface area contributed by atoms with Gasteiger partial charge in [0.1, 0.15) is 6.61 Å². The van der Waals surface area contributed by atoms with Gasteiger partial charge < -0.3 is 19.7 Å². The van der Waals surface area contributed by atoms with E-state index in [0.29, 0.717) is 12.8 Å². The number of rotatable bonds is 30.